The fraction of sp³-hybridized carbons (Fsp3) is 0.211. The molecule has 1 aromatic carbocycles. The number of nitrogens with one attached hydrogen (secondary N) is 2. The second-order valence-electron chi connectivity index (χ2n) is 6.53. The number of carboxylic acid groups (broad SMARTS) is 1. The van der Waals surface area contributed by atoms with Crippen molar-refractivity contribution >= 4 is 34.6 Å². The van der Waals surface area contributed by atoms with Crippen molar-refractivity contribution in [2.45, 2.75) is 20.0 Å². The molecule has 0 bridgehead atoms. The van der Waals surface area contributed by atoms with Crippen LogP contribution in [0, 0.1) is 12.7 Å². The first-order chi connectivity index (χ1) is 15.2. The SMILES string of the molecule is Cc1onc(OC(=O)O)c1C(=O)N(C)Cc1csc(NC(=O)NCc2cccc(F)c2)n1. The number of nitrogens with zero attached hydrogens (tertiary/aromatic N) is 3. The van der Waals surface area contributed by atoms with E-state index in [1.165, 1.54) is 31.0 Å². The number of hydrogen-bond acceptors (Lipinski definition) is 8. The molecule has 2 heterocycles. The lowest BCUT2D eigenvalue weighted by atomic mass is 10.2. The zero-order valence-electron chi connectivity index (χ0n) is 16.9. The fourth-order valence-electron chi connectivity index (χ4n) is 2.66. The van der Waals surface area contributed by atoms with Gasteiger partial charge in [0.15, 0.2) is 10.9 Å². The molecule has 3 amide bonds. The predicted octanol–water partition coefficient (Wildman–Crippen LogP) is 3.23. The molecular formula is C19H18FN5O6S. The Morgan fingerprint density at radius 3 is 2.84 bits per heavy atom. The van der Waals surface area contributed by atoms with E-state index in [9.17, 15) is 18.8 Å². The van der Waals surface area contributed by atoms with Crippen LogP contribution in [0.1, 0.15) is 27.4 Å². The Kier molecular flexibility index (Phi) is 7.00. The van der Waals surface area contributed by atoms with Crippen molar-refractivity contribution in [1.82, 2.24) is 20.4 Å². The van der Waals surface area contributed by atoms with Crippen molar-refractivity contribution in [3.05, 3.63) is 58.0 Å². The molecule has 0 aliphatic carbocycles. The van der Waals surface area contributed by atoms with E-state index in [2.05, 4.69) is 25.5 Å². The van der Waals surface area contributed by atoms with Gasteiger partial charge in [0.25, 0.3) is 11.8 Å². The normalized spacial score (nSPS) is 10.5. The summed E-state index contributed by atoms with van der Waals surface area (Å²) in [7, 11) is 1.48. The summed E-state index contributed by atoms with van der Waals surface area (Å²) in [6.45, 7) is 1.66. The predicted molar refractivity (Wildman–Crippen MR) is 110 cm³/mol. The zero-order chi connectivity index (χ0) is 23.3. The maximum atomic E-state index is 13.2. The number of halogens is 1. The summed E-state index contributed by atoms with van der Waals surface area (Å²) in [5.74, 6) is -1.30. The van der Waals surface area contributed by atoms with E-state index >= 15 is 0 Å². The highest BCUT2D eigenvalue weighted by atomic mass is 32.1. The summed E-state index contributed by atoms with van der Waals surface area (Å²) in [4.78, 5) is 41.0. The van der Waals surface area contributed by atoms with Gasteiger partial charge >= 0.3 is 12.2 Å². The Hall–Kier alpha value is -4.00. The molecule has 0 radical (unpaired) electrons. The first-order valence-electron chi connectivity index (χ1n) is 9.09. The van der Waals surface area contributed by atoms with Gasteiger partial charge in [0.2, 0.25) is 0 Å². The second kappa shape index (κ2) is 9.87. The van der Waals surface area contributed by atoms with E-state index in [1.54, 1.807) is 17.5 Å². The molecule has 0 saturated heterocycles. The molecule has 3 aromatic rings. The Morgan fingerprint density at radius 2 is 2.12 bits per heavy atom. The van der Waals surface area contributed by atoms with Gasteiger partial charge in [0, 0.05) is 19.0 Å². The highest BCUT2D eigenvalue weighted by Crippen LogP contribution is 2.24. The molecule has 2 aromatic heterocycles. The van der Waals surface area contributed by atoms with Crippen molar-refractivity contribution in [1.29, 1.82) is 0 Å². The van der Waals surface area contributed by atoms with Gasteiger partial charge in [-0.3, -0.25) is 10.1 Å². The molecule has 3 rings (SSSR count). The molecule has 0 spiro atoms. The van der Waals surface area contributed by atoms with Crippen LogP contribution in [0.3, 0.4) is 0 Å². The van der Waals surface area contributed by atoms with Crippen LogP contribution in [0.15, 0.2) is 34.2 Å². The van der Waals surface area contributed by atoms with Crippen LogP contribution in [0.25, 0.3) is 0 Å². The quantitative estimate of drug-likeness (QED) is 0.453. The number of benzene rings is 1. The topological polar surface area (TPSA) is 147 Å². The Bertz CT molecular complexity index is 1150. The maximum absolute atomic E-state index is 13.2. The van der Waals surface area contributed by atoms with Gasteiger partial charge < -0.3 is 24.6 Å². The number of carbonyl (C=O) groups excluding carboxylic acids is 2. The Balaban J connectivity index is 1.56. The number of thiazole rings is 1. The minimum absolute atomic E-state index is 0.0685. The molecule has 3 N–H and O–H groups in total. The molecule has 13 heteroatoms. The van der Waals surface area contributed by atoms with Gasteiger partial charge in [-0.25, -0.2) is 19.0 Å². The van der Waals surface area contributed by atoms with Crippen LogP contribution in [0.5, 0.6) is 5.88 Å². The summed E-state index contributed by atoms with van der Waals surface area (Å²) in [5.41, 5.74) is 0.983. The van der Waals surface area contributed by atoms with Crippen molar-refractivity contribution in [3.8, 4) is 5.88 Å². The number of carbonyl (C=O) groups is 3. The van der Waals surface area contributed by atoms with E-state index in [0.29, 0.717) is 16.4 Å². The second-order valence-corrected chi connectivity index (χ2v) is 7.39. The molecule has 32 heavy (non-hydrogen) atoms. The zero-order valence-corrected chi connectivity index (χ0v) is 17.7. The average Bonchev–Trinajstić information content (AvgIpc) is 3.31. The number of aryl methyl sites for hydroxylation is 1. The lowest BCUT2D eigenvalue weighted by Crippen LogP contribution is -2.28. The van der Waals surface area contributed by atoms with Crippen LogP contribution >= 0.6 is 11.3 Å². The highest BCUT2D eigenvalue weighted by Gasteiger charge is 2.26. The molecule has 0 aliphatic heterocycles. The van der Waals surface area contributed by atoms with Crippen molar-refractivity contribution in [2.24, 2.45) is 0 Å². The van der Waals surface area contributed by atoms with Crippen LogP contribution in [0.4, 0.5) is 19.1 Å². The standard InChI is InChI=1S/C19H18FN5O6S/c1-10-14(15(24-31-10)30-19(28)29)16(26)25(2)8-13-9-32-18(22-13)23-17(27)21-7-11-4-3-5-12(20)6-11/h3-6,9H,7-8H2,1-2H3,(H,28,29)(H2,21,22,23,27). The molecule has 0 aliphatic rings. The van der Waals surface area contributed by atoms with Crippen LogP contribution in [0.2, 0.25) is 0 Å². The number of amides is 3. The third-order valence-electron chi connectivity index (χ3n) is 4.09. The van der Waals surface area contributed by atoms with Gasteiger partial charge in [-0.15, -0.1) is 11.3 Å². The van der Waals surface area contributed by atoms with Gasteiger partial charge in [0.1, 0.15) is 11.4 Å². The van der Waals surface area contributed by atoms with Crippen LogP contribution < -0.4 is 15.4 Å². The number of hydrogen-bond donors (Lipinski definition) is 3. The molecule has 0 saturated carbocycles. The molecule has 0 unspecified atom stereocenters. The minimum Gasteiger partial charge on any atom is -0.449 e. The van der Waals surface area contributed by atoms with Gasteiger partial charge in [0.05, 0.1) is 12.2 Å². The maximum Gasteiger partial charge on any atom is 0.512 e. The van der Waals surface area contributed by atoms with Crippen LogP contribution in [-0.2, 0) is 13.1 Å². The monoisotopic (exact) mass is 463 g/mol. The van der Waals surface area contributed by atoms with Crippen molar-refractivity contribution in [3.63, 3.8) is 0 Å². The Labute approximate surface area is 184 Å². The highest BCUT2D eigenvalue weighted by molar-refractivity contribution is 7.13. The number of ether oxygens (including phenoxy) is 1. The summed E-state index contributed by atoms with van der Waals surface area (Å²) in [6, 6.07) is 5.34. The third-order valence-corrected chi connectivity index (χ3v) is 4.90. The summed E-state index contributed by atoms with van der Waals surface area (Å²) in [6.07, 6.45) is -1.62. The van der Waals surface area contributed by atoms with Gasteiger partial charge in [-0.1, -0.05) is 12.1 Å². The van der Waals surface area contributed by atoms with E-state index in [1.807, 2.05) is 0 Å². The minimum atomic E-state index is -1.62. The lowest BCUT2D eigenvalue weighted by molar-refractivity contribution is 0.0778. The Morgan fingerprint density at radius 1 is 1.34 bits per heavy atom. The molecular weight excluding hydrogens is 445 g/mol. The lowest BCUT2D eigenvalue weighted by Gasteiger charge is -2.15. The first-order valence-corrected chi connectivity index (χ1v) is 9.97. The number of anilines is 1. The number of rotatable bonds is 7. The van der Waals surface area contributed by atoms with E-state index in [0.717, 1.165) is 11.3 Å². The third kappa shape index (κ3) is 5.78. The number of urea groups is 1. The number of aromatic nitrogens is 2. The molecule has 168 valence electrons. The smallest absolute Gasteiger partial charge is 0.449 e. The van der Waals surface area contributed by atoms with E-state index in [4.69, 9.17) is 9.63 Å². The molecule has 11 nitrogen and oxygen atoms in total. The summed E-state index contributed by atoms with van der Waals surface area (Å²) in [5, 5.41) is 19.3. The van der Waals surface area contributed by atoms with Crippen molar-refractivity contribution < 1.29 is 33.1 Å². The fourth-order valence-corrected chi connectivity index (χ4v) is 3.36. The van der Waals surface area contributed by atoms with Crippen LogP contribution in [-0.4, -0.2) is 45.3 Å². The summed E-state index contributed by atoms with van der Waals surface area (Å²) >= 11 is 1.15. The largest absolute Gasteiger partial charge is 0.512 e. The van der Waals surface area contributed by atoms with E-state index < -0.39 is 29.8 Å². The van der Waals surface area contributed by atoms with Gasteiger partial charge in [-0.2, -0.15) is 0 Å². The molecule has 0 fully saturated rings. The first kappa shape index (κ1) is 22.7. The van der Waals surface area contributed by atoms with Gasteiger partial charge in [-0.05, 0) is 29.8 Å². The average molecular weight is 463 g/mol. The molecule has 0 atom stereocenters. The van der Waals surface area contributed by atoms with Crippen molar-refractivity contribution in [2.75, 3.05) is 12.4 Å². The summed E-state index contributed by atoms with van der Waals surface area (Å²) < 4.78 is 22.5. The van der Waals surface area contributed by atoms with E-state index in [-0.39, 0.29) is 24.4 Å².